The molecular weight excluding hydrogens is 242 g/mol. The summed E-state index contributed by atoms with van der Waals surface area (Å²) in [6.07, 6.45) is 0. The lowest BCUT2D eigenvalue weighted by atomic mass is 10.1. The highest BCUT2D eigenvalue weighted by Crippen LogP contribution is 2.33. The molecule has 0 saturated heterocycles. The summed E-state index contributed by atoms with van der Waals surface area (Å²) in [4.78, 5) is 12.1. The molecule has 3 rings (SSSR count). The van der Waals surface area contributed by atoms with Gasteiger partial charge in [-0.05, 0) is 24.3 Å². The number of nitrogens with two attached hydrogens (primary N) is 1. The van der Waals surface area contributed by atoms with Gasteiger partial charge in [0.15, 0.2) is 5.76 Å². The summed E-state index contributed by atoms with van der Waals surface area (Å²) in [5.41, 5.74) is 6.75. The molecule has 1 aromatic heterocycles. The largest absolute Gasteiger partial charge is 0.502 e. The van der Waals surface area contributed by atoms with E-state index in [1.165, 1.54) is 0 Å². The van der Waals surface area contributed by atoms with Gasteiger partial charge in [0.05, 0.1) is 5.39 Å². The Kier molecular flexibility index (Phi) is 2.49. The maximum absolute atomic E-state index is 12.1. The molecule has 19 heavy (non-hydrogen) atoms. The lowest BCUT2D eigenvalue weighted by Crippen LogP contribution is -2.03. The Bertz CT molecular complexity index is 821. The number of benzene rings is 2. The number of para-hydroxylation sites is 2. The molecule has 3 aromatic rings. The summed E-state index contributed by atoms with van der Waals surface area (Å²) in [5.74, 6) is -0.321. The van der Waals surface area contributed by atoms with Crippen molar-refractivity contribution in [3.05, 3.63) is 58.8 Å². The molecule has 4 heteroatoms. The molecule has 0 fully saturated rings. The van der Waals surface area contributed by atoms with Gasteiger partial charge in [-0.3, -0.25) is 4.79 Å². The van der Waals surface area contributed by atoms with Crippen LogP contribution >= 0.6 is 0 Å². The second-order valence-corrected chi connectivity index (χ2v) is 4.19. The molecule has 0 aliphatic rings. The van der Waals surface area contributed by atoms with Crippen LogP contribution in [0.2, 0.25) is 0 Å². The molecule has 1 heterocycles. The number of hydrogen-bond donors (Lipinski definition) is 2. The predicted molar refractivity (Wildman–Crippen MR) is 74.0 cm³/mol. The lowest BCUT2D eigenvalue weighted by molar-refractivity contribution is 0.449. The molecule has 0 saturated carbocycles. The van der Waals surface area contributed by atoms with Gasteiger partial charge in [0.25, 0.3) is 0 Å². The van der Waals surface area contributed by atoms with Crippen molar-refractivity contribution in [1.82, 2.24) is 0 Å². The minimum Gasteiger partial charge on any atom is -0.502 e. The van der Waals surface area contributed by atoms with Gasteiger partial charge in [0.1, 0.15) is 5.58 Å². The highest BCUT2D eigenvalue weighted by atomic mass is 16.4. The average Bonchev–Trinajstić information content (AvgIpc) is 2.44. The van der Waals surface area contributed by atoms with Crippen molar-refractivity contribution in [3.8, 4) is 17.1 Å². The molecular formula is C15H11NO3. The van der Waals surface area contributed by atoms with Gasteiger partial charge < -0.3 is 15.3 Å². The Morgan fingerprint density at radius 3 is 2.47 bits per heavy atom. The molecule has 0 aliphatic carbocycles. The van der Waals surface area contributed by atoms with Gasteiger partial charge in [-0.25, -0.2) is 0 Å². The monoisotopic (exact) mass is 253 g/mol. The number of fused-ring (bicyclic) bond motifs is 1. The second-order valence-electron chi connectivity index (χ2n) is 4.19. The third-order valence-corrected chi connectivity index (χ3v) is 2.98. The van der Waals surface area contributed by atoms with E-state index in [4.69, 9.17) is 10.2 Å². The first-order chi connectivity index (χ1) is 9.18. The van der Waals surface area contributed by atoms with E-state index in [1.807, 2.05) is 0 Å². The normalized spacial score (nSPS) is 10.7. The van der Waals surface area contributed by atoms with Gasteiger partial charge in [-0.2, -0.15) is 0 Å². The minimum absolute atomic E-state index is 0.0989. The maximum Gasteiger partial charge on any atom is 0.235 e. The zero-order chi connectivity index (χ0) is 13.4. The van der Waals surface area contributed by atoms with Crippen LogP contribution in [0, 0.1) is 0 Å². The average molecular weight is 253 g/mol. The Morgan fingerprint density at radius 2 is 1.68 bits per heavy atom. The Labute approximate surface area is 108 Å². The quantitative estimate of drug-likeness (QED) is 0.654. The van der Waals surface area contributed by atoms with E-state index in [2.05, 4.69) is 0 Å². The molecule has 0 amide bonds. The third kappa shape index (κ3) is 1.74. The highest BCUT2D eigenvalue weighted by molar-refractivity contribution is 5.84. The van der Waals surface area contributed by atoms with Crippen molar-refractivity contribution in [2.24, 2.45) is 0 Å². The van der Waals surface area contributed by atoms with E-state index in [0.29, 0.717) is 22.2 Å². The molecule has 0 unspecified atom stereocenters. The van der Waals surface area contributed by atoms with Crippen molar-refractivity contribution in [2.75, 3.05) is 5.73 Å². The molecule has 0 bridgehead atoms. The predicted octanol–water partition coefficient (Wildman–Crippen LogP) is 2.75. The van der Waals surface area contributed by atoms with Crippen LogP contribution in [0.15, 0.2) is 57.7 Å². The second kappa shape index (κ2) is 4.17. The number of anilines is 1. The first kappa shape index (κ1) is 11.3. The topological polar surface area (TPSA) is 76.5 Å². The zero-order valence-electron chi connectivity index (χ0n) is 9.96. The summed E-state index contributed by atoms with van der Waals surface area (Å²) >= 11 is 0. The van der Waals surface area contributed by atoms with E-state index < -0.39 is 11.2 Å². The molecule has 2 aromatic carbocycles. The van der Waals surface area contributed by atoms with Crippen LogP contribution in [0.4, 0.5) is 5.69 Å². The fourth-order valence-corrected chi connectivity index (χ4v) is 2.02. The highest BCUT2D eigenvalue weighted by Gasteiger charge is 2.16. The smallest absolute Gasteiger partial charge is 0.235 e. The van der Waals surface area contributed by atoms with Crippen LogP contribution in [0.5, 0.6) is 5.75 Å². The Hall–Kier alpha value is -2.75. The summed E-state index contributed by atoms with van der Waals surface area (Å²) in [7, 11) is 0. The van der Waals surface area contributed by atoms with E-state index in [1.54, 1.807) is 48.5 Å². The van der Waals surface area contributed by atoms with Gasteiger partial charge in [0, 0.05) is 11.3 Å². The first-order valence-electron chi connectivity index (χ1n) is 5.78. The minimum atomic E-state index is -0.458. The molecule has 4 nitrogen and oxygen atoms in total. The van der Waals surface area contributed by atoms with Crippen LogP contribution in [0.1, 0.15) is 0 Å². The molecule has 0 aliphatic heterocycles. The lowest BCUT2D eigenvalue weighted by Gasteiger charge is -2.07. The van der Waals surface area contributed by atoms with Gasteiger partial charge in [-0.1, -0.05) is 24.3 Å². The zero-order valence-corrected chi connectivity index (χ0v) is 9.96. The van der Waals surface area contributed by atoms with Crippen molar-refractivity contribution in [3.63, 3.8) is 0 Å². The first-order valence-corrected chi connectivity index (χ1v) is 5.78. The SMILES string of the molecule is Nc1ccccc1-c1oc2ccccc2c(=O)c1O. The van der Waals surface area contributed by atoms with Crippen LogP contribution < -0.4 is 11.2 Å². The fraction of sp³-hybridized carbons (Fsp3) is 0. The van der Waals surface area contributed by atoms with E-state index in [0.717, 1.165) is 0 Å². The Balaban J connectivity index is 2.40. The fourth-order valence-electron chi connectivity index (χ4n) is 2.02. The summed E-state index contributed by atoms with van der Waals surface area (Å²) in [5, 5.41) is 10.4. The summed E-state index contributed by atoms with van der Waals surface area (Å²) < 4.78 is 5.61. The van der Waals surface area contributed by atoms with Gasteiger partial charge in [-0.15, -0.1) is 0 Å². The summed E-state index contributed by atoms with van der Waals surface area (Å²) in [6.45, 7) is 0. The third-order valence-electron chi connectivity index (χ3n) is 2.98. The number of nitrogen functional groups attached to an aromatic ring is 1. The van der Waals surface area contributed by atoms with Crippen LogP contribution in [0.3, 0.4) is 0 Å². The Morgan fingerprint density at radius 1 is 1.00 bits per heavy atom. The van der Waals surface area contributed by atoms with Crippen molar-refractivity contribution in [1.29, 1.82) is 0 Å². The molecule has 94 valence electrons. The van der Waals surface area contributed by atoms with Crippen LogP contribution in [0.25, 0.3) is 22.3 Å². The van der Waals surface area contributed by atoms with Crippen molar-refractivity contribution >= 4 is 16.7 Å². The number of rotatable bonds is 1. The van der Waals surface area contributed by atoms with E-state index in [9.17, 15) is 9.90 Å². The van der Waals surface area contributed by atoms with Crippen LogP contribution in [-0.2, 0) is 0 Å². The number of aromatic hydroxyl groups is 1. The van der Waals surface area contributed by atoms with Crippen molar-refractivity contribution < 1.29 is 9.52 Å². The number of hydrogen-bond acceptors (Lipinski definition) is 4. The van der Waals surface area contributed by atoms with Gasteiger partial charge >= 0.3 is 0 Å². The standard InChI is InChI=1S/C15H11NO3/c16-11-7-3-1-5-9(11)15-14(18)13(17)10-6-2-4-8-12(10)19-15/h1-8,18H,16H2. The molecule has 3 N–H and O–H groups in total. The van der Waals surface area contributed by atoms with Gasteiger partial charge in [0.2, 0.25) is 11.2 Å². The van der Waals surface area contributed by atoms with Crippen LogP contribution in [-0.4, -0.2) is 5.11 Å². The van der Waals surface area contributed by atoms with E-state index >= 15 is 0 Å². The molecule has 0 atom stereocenters. The maximum atomic E-state index is 12.1. The summed E-state index contributed by atoms with van der Waals surface area (Å²) in [6, 6.07) is 13.7. The molecule has 0 radical (unpaired) electrons. The van der Waals surface area contributed by atoms with E-state index in [-0.39, 0.29) is 5.76 Å². The van der Waals surface area contributed by atoms with Crippen molar-refractivity contribution in [2.45, 2.75) is 0 Å². The molecule has 0 spiro atoms.